The monoisotopic (exact) mass is 474 g/mol. The number of rotatable bonds is 5. The van der Waals surface area contributed by atoms with Gasteiger partial charge in [-0.15, -0.1) is 0 Å². The van der Waals surface area contributed by atoms with Crippen LogP contribution in [0.5, 0.6) is 5.75 Å². The third-order valence-corrected chi connectivity index (χ3v) is 5.44. The molecule has 1 N–H and O–H groups in total. The Bertz CT molecular complexity index is 963. The lowest BCUT2D eigenvalue weighted by Crippen LogP contribution is -2.24. The van der Waals surface area contributed by atoms with Crippen LogP contribution in [0.4, 0.5) is 0 Å². The van der Waals surface area contributed by atoms with Gasteiger partial charge in [0, 0.05) is 8.95 Å². The minimum absolute atomic E-state index is 0.100. The molecule has 3 aromatic rings. The number of hydrazone groups is 1. The van der Waals surface area contributed by atoms with Gasteiger partial charge in [-0.1, -0.05) is 62.2 Å². The zero-order chi connectivity index (χ0) is 18.5. The van der Waals surface area contributed by atoms with E-state index in [-0.39, 0.29) is 12.5 Å². The van der Waals surface area contributed by atoms with E-state index in [2.05, 4.69) is 42.4 Å². The number of amides is 1. The van der Waals surface area contributed by atoms with Crippen LogP contribution in [0.2, 0.25) is 0 Å². The largest absolute Gasteiger partial charge is 0.484 e. The second-order valence-electron chi connectivity index (χ2n) is 5.70. The first kappa shape index (κ1) is 18.6. The number of carbonyl (C=O) groups is 1. The van der Waals surface area contributed by atoms with Crippen LogP contribution in [0, 0.1) is 6.92 Å². The SMILES string of the molecule is Cc1c(Br)cc(/C=N\NC(=O)COc2ccc3ccccc3c2)cc1Br. The van der Waals surface area contributed by atoms with Crippen molar-refractivity contribution >= 4 is 54.8 Å². The van der Waals surface area contributed by atoms with Gasteiger partial charge < -0.3 is 4.74 Å². The molecule has 0 radical (unpaired) electrons. The Morgan fingerprint density at radius 3 is 2.50 bits per heavy atom. The molecule has 132 valence electrons. The van der Waals surface area contributed by atoms with Crippen molar-refractivity contribution in [1.82, 2.24) is 5.43 Å². The summed E-state index contributed by atoms with van der Waals surface area (Å²) in [6.45, 7) is 1.90. The summed E-state index contributed by atoms with van der Waals surface area (Å²) in [5, 5.41) is 6.17. The van der Waals surface area contributed by atoms with Gasteiger partial charge in [0.2, 0.25) is 0 Å². The van der Waals surface area contributed by atoms with Crippen molar-refractivity contribution in [2.24, 2.45) is 5.10 Å². The van der Waals surface area contributed by atoms with E-state index in [4.69, 9.17) is 4.74 Å². The van der Waals surface area contributed by atoms with Gasteiger partial charge in [-0.05, 0) is 53.1 Å². The second kappa shape index (κ2) is 8.47. The molecule has 0 fully saturated rings. The lowest BCUT2D eigenvalue weighted by atomic mass is 10.1. The second-order valence-corrected chi connectivity index (χ2v) is 7.41. The van der Waals surface area contributed by atoms with E-state index < -0.39 is 0 Å². The summed E-state index contributed by atoms with van der Waals surface area (Å²) in [5.74, 6) is 0.328. The molecule has 0 saturated heterocycles. The van der Waals surface area contributed by atoms with Gasteiger partial charge in [-0.2, -0.15) is 5.10 Å². The van der Waals surface area contributed by atoms with Crippen molar-refractivity contribution in [3.63, 3.8) is 0 Å². The number of hydrogen-bond acceptors (Lipinski definition) is 3. The number of benzene rings is 3. The normalized spacial score (nSPS) is 11.0. The Hall–Kier alpha value is -2.18. The Labute approximate surface area is 168 Å². The summed E-state index contributed by atoms with van der Waals surface area (Å²) in [6, 6.07) is 17.6. The van der Waals surface area contributed by atoms with E-state index in [1.54, 1.807) is 6.21 Å². The highest BCUT2D eigenvalue weighted by molar-refractivity contribution is 9.11. The zero-order valence-corrected chi connectivity index (χ0v) is 17.2. The fourth-order valence-electron chi connectivity index (χ4n) is 2.36. The van der Waals surface area contributed by atoms with Crippen molar-refractivity contribution < 1.29 is 9.53 Å². The summed E-state index contributed by atoms with van der Waals surface area (Å²) in [6.07, 6.45) is 1.59. The number of nitrogens with zero attached hydrogens (tertiary/aromatic N) is 1. The molecule has 0 aliphatic heterocycles. The van der Waals surface area contributed by atoms with Crippen LogP contribution in [-0.4, -0.2) is 18.7 Å². The van der Waals surface area contributed by atoms with Crippen LogP contribution >= 0.6 is 31.9 Å². The van der Waals surface area contributed by atoms with Gasteiger partial charge in [-0.3, -0.25) is 4.79 Å². The maximum Gasteiger partial charge on any atom is 0.277 e. The lowest BCUT2D eigenvalue weighted by molar-refractivity contribution is -0.123. The molecule has 0 heterocycles. The fraction of sp³-hybridized carbons (Fsp3) is 0.100. The van der Waals surface area contributed by atoms with E-state index in [0.717, 1.165) is 30.8 Å². The van der Waals surface area contributed by atoms with Crippen LogP contribution in [0.15, 0.2) is 68.6 Å². The molecule has 0 unspecified atom stereocenters. The van der Waals surface area contributed by atoms with Crippen LogP contribution in [0.1, 0.15) is 11.1 Å². The highest BCUT2D eigenvalue weighted by atomic mass is 79.9. The van der Waals surface area contributed by atoms with E-state index in [1.807, 2.05) is 61.5 Å². The fourth-order valence-corrected chi connectivity index (χ4v) is 3.58. The van der Waals surface area contributed by atoms with Crippen LogP contribution < -0.4 is 10.2 Å². The highest BCUT2D eigenvalue weighted by Crippen LogP contribution is 2.25. The first-order valence-electron chi connectivity index (χ1n) is 7.92. The average molecular weight is 476 g/mol. The smallest absolute Gasteiger partial charge is 0.277 e. The Balaban J connectivity index is 1.55. The van der Waals surface area contributed by atoms with Gasteiger partial charge in [0.1, 0.15) is 5.75 Å². The molecule has 0 aromatic heterocycles. The third kappa shape index (κ3) is 4.71. The van der Waals surface area contributed by atoms with E-state index >= 15 is 0 Å². The topological polar surface area (TPSA) is 50.7 Å². The van der Waals surface area contributed by atoms with Crippen molar-refractivity contribution in [3.8, 4) is 5.75 Å². The summed E-state index contributed by atoms with van der Waals surface area (Å²) in [5.41, 5.74) is 4.44. The summed E-state index contributed by atoms with van der Waals surface area (Å²) < 4.78 is 7.47. The molecule has 3 aromatic carbocycles. The molecule has 3 rings (SSSR count). The van der Waals surface area contributed by atoms with Crippen LogP contribution in [-0.2, 0) is 4.79 Å². The third-order valence-electron chi connectivity index (χ3n) is 3.80. The molecule has 26 heavy (non-hydrogen) atoms. The number of fused-ring (bicyclic) bond motifs is 1. The van der Waals surface area contributed by atoms with E-state index in [1.165, 1.54) is 0 Å². The van der Waals surface area contributed by atoms with Gasteiger partial charge in [0.15, 0.2) is 6.61 Å². The van der Waals surface area contributed by atoms with Crippen molar-refractivity contribution in [1.29, 1.82) is 0 Å². The Kier molecular flexibility index (Phi) is 6.06. The van der Waals surface area contributed by atoms with Crippen molar-refractivity contribution in [3.05, 3.63) is 74.7 Å². The summed E-state index contributed by atoms with van der Waals surface area (Å²) in [4.78, 5) is 11.9. The predicted octanol–water partition coefficient (Wildman–Crippen LogP) is 5.20. The average Bonchev–Trinajstić information content (AvgIpc) is 2.64. The quantitative estimate of drug-likeness (QED) is 0.407. The molecular formula is C20H16Br2N2O2. The molecule has 0 aliphatic rings. The molecule has 0 atom stereocenters. The molecule has 0 bridgehead atoms. The number of carbonyl (C=O) groups excluding carboxylic acids is 1. The molecule has 6 heteroatoms. The minimum atomic E-state index is -0.320. The number of halogens is 2. The minimum Gasteiger partial charge on any atom is -0.484 e. The predicted molar refractivity (Wildman–Crippen MR) is 112 cm³/mol. The van der Waals surface area contributed by atoms with Gasteiger partial charge in [-0.25, -0.2) is 5.43 Å². The lowest BCUT2D eigenvalue weighted by Gasteiger charge is -2.06. The van der Waals surface area contributed by atoms with Crippen molar-refractivity contribution in [2.45, 2.75) is 6.92 Å². The molecule has 4 nitrogen and oxygen atoms in total. The maximum absolute atomic E-state index is 11.9. The number of nitrogens with one attached hydrogen (secondary N) is 1. The summed E-state index contributed by atoms with van der Waals surface area (Å²) >= 11 is 6.97. The Morgan fingerprint density at radius 2 is 1.77 bits per heavy atom. The molecule has 0 saturated carbocycles. The zero-order valence-electron chi connectivity index (χ0n) is 14.0. The van der Waals surface area contributed by atoms with Gasteiger partial charge in [0.05, 0.1) is 6.21 Å². The molecule has 1 amide bonds. The molecular weight excluding hydrogens is 460 g/mol. The van der Waals surface area contributed by atoms with Gasteiger partial charge >= 0.3 is 0 Å². The first-order valence-corrected chi connectivity index (χ1v) is 9.51. The van der Waals surface area contributed by atoms with E-state index in [9.17, 15) is 4.79 Å². The van der Waals surface area contributed by atoms with Crippen LogP contribution in [0.25, 0.3) is 10.8 Å². The van der Waals surface area contributed by atoms with Crippen LogP contribution in [0.3, 0.4) is 0 Å². The Morgan fingerprint density at radius 1 is 1.08 bits per heavy atom. The number of hydrogen-bond donors (Lipinski definition) is 1. The maximum atomic E-state index is 11.9. The first-order chi connectivity index (χ1) is 12.5. The molecule has 0 spiro atoms. The van der Waals surface area contributed by atoms with Crippen molar-refractivity contribution in [2.75, 3.05) is 6.61 Å². The standard InChI is InChI=1S/C20H16Br2N2O2/c1-13-18(21)8-14(9-19(13)22)11-23-24-20(25)12-26-17-7-6-15-4-2-3-5-16(15)10-17/h2-11H,12H2,1H3,(H,24,25)/b23-11-. The summed E-state index contributed by atoms with van der Waals surface area (Å²) in [7, 11) is 0. The van der Waals surface area contributed by atoms with Gasteiger partial charge in [0.25, 0.3) is 5.91 Å². The number of ether oxygens (including phenoxy) is 1. The van der Waals surface area contributed by atoms with E-state index in [0.29, 0.717) is 5.75 Å². The highest BCUT2D eigenvalue weighted by Gasteiger charge is 2.04. The molecule has 0 aliphatic carbocycles.